The van der Waals surface area contributed by atoms with E-state index in [0.29, 0.717) is 0 Å². The number of nitrogens with zero attached hydrogens (tertiary/aromatic N) is 2. The van der Waals surface area contributed by atoms with Crippen molar-refractivity contribution in [2.24, 2.45) is 5.73 Å². The van der Waals surface area contributed by atoms with Crippen molar-refractivity contribution >= 4 is 15.9 Å². The molecule has 0 aliphatic heterocycles. The van der Waals surface area contributed by atoms with Gasteiger partial charge in [0.2, 0.25) is 0 Å². The van der Waals surface area contributed by atoms with Crippen LogP contribution in [0.3, 0.4) is 0 Å². The summed E-state index contributed by atoms with van der Waals surface area (Å²) in [5, 5.41) is 0. The van der Waals surface area contributed by atoms with Gasteiger partial charge in [-0.15, -0.1) is 0 Å². The van der Waals surface area contributed by atoms with Crippen molar-refractivity contribution in [1.29, 1.82) is 0 Å². The number of nitrogens with two attached hydrogens (primary N) is 1. The number of aryl methyl sites for hydroxylation is 1. The molecule has 0 spiro atoms. The highest BCUT2D eigenvalue weighted by Gasteiger charge is 2.09. The van der Waals surface area contributed by atoms with Crippen LogP contribution in [0.1, 0.15) is 22.7 Å². The molecule has 2 heterocycles. The Balaban J connectivity index is 2.35. The Morgan fingerprint density at radius 3 is 2.31 bits per heavy atom. The van der Waals surface area contributed by atoms with Crippen molar-refractivity contribution in [3.63, 3.8) is 0 Å². The van der Waals surface area contributed by atoms with Crippen LogP contribution in [0.15, 0.2) is 41.4 Å². The van der Waals surface area contributed by atoms with Gasteiger partial charge in [0.05, 0.1) is 6.04 Å². The molecule has 2 N–H and O–H groups in total. The molecule has 0 amide bonds. The first-order valence-corrected chi connectivity index (χ1v) is 5.73. The van der Waals surface area contributed by atoms with Crippen molar-refractivity contribution in [2.75, 3.05) is 0 Å². The molecule has 2 aromatic rings. The lowest BCUT2D eigenvalue weighted by atomic mass is 10.0. The highest BCUT2D eigenvalue weighted by molar-refractivity contribution is 9.10. The zero-order valence-electron chi connectivity index (χ0n) is 8.89. The maximum atomic E-state index is 6.15. The summed E-state index contributed by atoms with van der Waals surface area (Å²) in [7, 11) is 0. The summed E-state index contributed by atoms with van der Waals surface area (Å²) < 4.78 is 0.932. The van der Waals surface area contributed by atoms with Gasteiger partial charge in [0.15, 0.2) is 0 Å². The Hall–Kier alpha value is -1.26. The van der Waals surface area contributed by atoms with E-state index in [1.54, 1.807) is 18.6 Å². The van der Waals surface area contributed by atoms with Crippen LogP contribution >= 0.6 is 15.9 Å². The van der Waals surface area contributed by atoms with E-state index < -0.39 is 0 Å². The minimum atomic E-state index is -0.183. The lowest BCUT2D eigenvalue weighted by Gasteiger charge is -2.12. The van der Waals surface area contributed by atoms with Crippen LogP contribution in [0, 0.1) is 6.92 Å². The lowest BCUT2D eigenvalue weighted by Crippen LogP contribution is -2.12. The Bertz CT molecular complexity index is 454. The molecule has 0 aromatic carbocycles. The summed E-state index contributed by atoms with van der Waals surface area (Å²) in [5.41, 5.74) is 9.23. The molecular weight excluding hydrogens is 266 g/mol. The SMILES string of the molecule is Cc1cncc(C(N)c2cncc(Br)c2)c1. The van der Waals surface area contributed by atoms with Gasteiger partial charge in [-0.1, -0.05) is 6.07 Å². The third kappa shape index (κ3) is 2.46. The molecule has 0 fully saturated rings. The van der Waals surface area contributed by atoms with Gasteiger partial charge in [-0.2, -0.15) is 0 Å². The van der Waals surface area contributed by atoms with E-state index >= 15 is 0 Å². The summed E-state index contributed by atoms with van der Waals surface area (Å²) in [5.74, 6) is 0. The minimum absolute atomic E-state index is 0.183. The summed E-state index contributed by atoms with van der Waals surface area (Å²) in [6.07, 6.45) is 7.12. The maximum Gasteiger partial charge on any atom is 0.0582 e. The molecule has 3 nitrogen and oxygen atoms in total. The van der Waals surface area contributed by atoms with Gasteiger partial charge in [-0.05, 0) is 45.6 Å². The quantitative estimate of drug-likeness (QED) is 0.918. The Kier molecular flexibility index (Phi) is 3.31. The second kappa shape index (κ2) is 4.72. The van der Waals surface area contributed by atoms with Crippen LogP contribution in [0.2, 0.25) is 0 Å². The predicted molar refractivity (Wildman–Crippen MR) is 66.9 cm³/mol. The molecular formula is C12H12BrN3. The van der Waals surface area contributed by atoms with Gasteiger partial charge in [0.1, 0.15) is 0 Å². The minimum Gasteiger partial charge on any atom is -0.320 e. The van der Waals surface area contributed by atoms with E-state index in [0.717, 1.165) is 21.2 Å². The number of hydrogen-bond acceptors (Lipinski definition) is 3. The maximum absolute atomic E-state index is 6.15. The zero-order chi connectivity index (χ0) is 11.5. The van der Waals surface area contributed by atoms with Gasteiger partial charge >= 0.3 is 0 Å². The fourth-order valence-corrected chi connectivity index (χ4v) is 1.92. The van der Waals surface area contributed by atoms with Crippen LogP contribution in [0.25, 0.3) is 0 Å². The van der Waals surface area contributed by atoms with Gasteiger partial charge in [-0.25, -0.2) is 0 Å². The molecule has 0 bridgehead atoms. The fourth-order valence-electron chi connectivity index (χ4n) is 1.54. The van der Waals surface area contributed by atoms with Crippen LogP contribution < -0.4 is 5.73 Å². The molecule has 1 atom stereocenters. The van der Waals surface area contributed by atoms with Crippen molar-refractivity contribution in [3.8, 4) is 0 Å². The van der Waals surface area contributed by atoms with E-state index in [4.69, 9.17) is 5.73 Å². The number of hydrogen-bond donors (Lipinski definition) is 1. The molecule has 0 radical (unpaired) electrons. The molecule has 4 heteroatoms. The largest absolute Gasteiger partial charge is 0.320 e. The molecule has 16 heavy (non-hydrogen) atoms. The van der Waals surface area contributed by atoms with Crippen molar-refractivity contribution < 1.29 is 0 Å². The van der Waals surface area contributed by atoms with Crippen LogP contribution in [-0.4, -0.2) is 9.97 Å². The average molecular weight is 278 g/mol. The highest BCUT2D eigenvalue weighted by Crippen LogP contribution is 2.21. The number of pyridine rings is 2. The molecule has 1 unspecified atom stereocenters. The van der Waals surface area contributed by atoms with E-state index in [9.17, 15) is 0 Å². The molecule has 0 aliphatic rings. The first-order valence-electron chi connectivity index (χ1n) is 4.94. The standard InChI is InChI=1S/C12H12BrN3/c1-8-2-9(5-15-4-8)12(14)10-3-11(13)7-16-6-10/h2-7,12H,14H2,1H3. The fraction of sp³-hybridized carbons (Fsp3) is 0.167. The van der Waals surface area contributed by atoms with Gasteiger partial charge in [0, 0.05) is 29.3 Å². The molecule has 2 aromatic heterocycles. The second-order valence-corrected chi connectivity index (χ2v) is 4.63. The highest BCUT2D eigenvalue weighted by atomic mass is 79.9. The Morgan fingerprint density at radius 1 is 1.06 bits per heavy atom. The topological polar surface area (TPSA) is 51.8 Å². The molecule has 2 rings (SSSR count). The predicted octanol–water partition coefficient (Wildman–Crippen LogP) is 2.60. The molecule has 0 saturated heterocycles. The van der Waals surface area contributed by atoms with Crippen molar-refractivity contribution in [1.82, 2.24) is 9.97 Å². The summed E-state index contributed by atoms with van der Waals surface area (Å²) in [6, 6.07) is 3.83. The lowest BCUT2D eigenvalue weighted by molar-refractivity contribution is 0.851. The molecule has 82 valence electrons. The average Bonchev–Trinajstić information content (AvgIpc) is 2.28. The van der Waals surface area contributed by atoms with E-state index in [-0.39, 0.29) is 6.04 Å². The monoisotopic (exact) mass is 277 g/mol. The third-order valence-corrected chi connectivity index (χ3v) is 2.77. The Morgan fingerprint density at radius 2 is 1.69 bits per heavy atom. The number of rotatable bonds is 2. The zero-order valence-corrected chi connectivity index (χ0v) is 10.5. The third-order valence-electron chi connectivity index (χ3n) is 2.34. The summed E-state index contributed by atoms with van der Waals surface area (Å²) in [6.45, 7) is 2.00. The number of halogens is 1. The first kappa shape index (κ1) is 11.2. The summed E-state index contributed by atoms with van der Waals surface area (Å²) >= 11 is 3.38. The van der Waals surface area contributed by atoms with Gasteiger partial charge in [-0.3, -0.25) is 9.97 Å². The van der Waals surface area contributed by atoms with Crippen molar-refractivity contribution in [2.45, 2.75) is 13.0 Å². The van der Waals surface area contributed by atoms with E-state index in [1.807, 2.05) is 25.3 Å². The van der Waals surface area contributed by atoms with Crippen LogP contribution in [-0.2, 0) is 0 Å². The van der Waals surface area contributed by atoms with Crippen LogP contribution in [0.4, 0.5) is 0 Å². The Labute approximate surface area is 103 Å². The number of aromatic nitrogens is 2. The van der Waals surface area contributed by atoms with Gasteiger partial charge in [0.25, 0.3) is 0 Å². The smallest absolute Gasteiger partial charge is 0.0582 e. The normalized spacial score (nSPS) is 12.4. The molecule has 0 aliphatic carbocycles. The van der Waals surface area contributed by atoms with Crippen LogP contribution in [0.5, 0.6) is 0 Å². The summed E-state index contributed by atoms with van der Waals surface area (Å²) in [4.78, 5) is 8.25. The van der Waals surface area contributed by atoms with Gasteiger partial charge < -0.3 is 5.73 Å². The first-order chi connectivity index (χ1) is 7.66. The second-order valence-electron chi connectivity index (χ2n) is 3.71. The van der Waals surface area contributed by atoms with E-state index in [2.05, 4.69) is 25.9 Å². The molecule has 0 saturated carbocycles. The van der Waals surface area contributed by atoms with Crippen molar-refractivity contribution in [3.05, 3.63) is 58.1 Å². The van der Waals surface area contributed by atoms with E-state index in [1.165, 1.54) is 0 Å².